The van der Waals surface area contributed by atoms with Crippen LogP contribution in [-0.2, 0) is 11.3 Å². The second-order valence-corrected chi connectivity index (χ2v) is 11.9. The van der Waals surface area contributed by atoms with Crippen LogP contribution in [0.3, 0.4) is 0 Å². The molecule has 2 amide bonds. The average Bonchev–Trinajstić information content (AvgIpc) is 3.15. The third-order valence-electron chi connectivity index (χ3n) is 8.25. The van der Waals surface area contributed by atoms with Gasteiger partial charge in [0.05, 0.1) is 23.5 Å². The molecule has 3 aliphatic rings. The Morgan fingerprint density at radius 3 is 2.66 bits per heavy atom. The van der Waals surface area contributed by atoms with Crippen LogP contribution in [0.15, 0.2) is 114 Å². The lowest BCUT2D eigenvalue weighted by Gasteiger charge is -2.29. The van der Waals surface area contributed by atoms with Crippen molar-refractivity contribution in [2.24, 2.45) is 16.8 Å². The zero-order valence-electron chi connectivity index (χ0n) is 24.6. The zero-order valence-corrected chi connectivity index (χ0v) is 25.4. The second-order valence-electron chi connectivity index (χ2n) is 11.4. The Kier molecular flexibility index (Phi) is 8.31. The largest absolute Gasteiger partial charge is 0.508 e. The van der Waals surface area contributed by atoms with Crippen molar-refractivity contribution in [1.29, 1.82) is 0 Å². The van der Waals surface area contributed by atoms with Gasteiger partial charge in [0.2, 0.25) is 6.17 Å². The maximum Gasteiger partial charge on any atom is 0.272 e. The van der Waals surface area contributed by atoms with E-state index < -0.39 is 6.17 Å². The minimum absolute atomic E-state index is 0.179. The normalized spacial score (nSPS) is 21.2. The number of anilines is 1. The maximum absolute atomic E-state index is 14.5. The van der Waals surface area contributed by atoms with Crippen LogP contribution in [0.25, 0.3) is 5.57 Å². The van der Waals surface area contributed by atoms with Crippen LogP contribution in [0.4, 0.5) is 5.69 Å². The number of fused-ring (bicyclic) bond motifs is 1. The molecule has 8 heteroatoms. The highest BCUT2D eigenvalue weighted by molar-refractivity contribution is 6.31. The van der Waals surface area contributed by atoms with Gasteiger partial charge in [-0.25, -0.2) is 0 Å². The van der Waals surface area contributed by atoms with E-state index in [9.17, 15) is 14.7 Å². The third-order valence-corrected chi connectivity index (χ3v) is 8.48. The maximum atomic E-state index is 14.5. The van der Waals surface area contributed by atoms with Crippen LogP contribution in [0.2, 0.25) is 5.02 Å². The topological polar surface area (TPSA) is 86.1 Å². The molecule has 0 fully saturated rings. The van der Waals surface area contributed by atoms with E-state index in [4.69, 9.17) is 16.6 Å². The number of hydrogen-bond donors (Lipinski definition) is 1. The molecule has 1 aliphatic heterocycles. The van der Waals surface area contributed by atoms with Gasteiger partial charge in [-0.05, 0) is 77.9 Å². The summed E-state index contributed by atoms with van der Waals surface area (Å²) in [6.45, 7) is 2.48. The van der Waals surface area contributed by atoms with E-state index in [1.165, 1.54) is 16.7 Å². The van der Waals surface area contributed by atoms with Crippen molar-refractivity contribution in [3.8, 4) is 0 Å². The van der Waals surface area contributed by atoms with E-state index in [1.54, 1.807) is 48.5 Å². The number of rotatable bonds is 6. The fourth-order valence-corrected chi connectivity index (χ4v) is 6.03. The van der Waals surface area contributed by atoms with Crippen LogP contribution in [0, 0.1) is 11.8 Å². The van der Waals surface area contributed by atoms with Crippen LogP contribution in [0.1, 0.15) is 46.8 Å². The number of likely N-dealkylation sites (N-methyl/N-ethyl adjacent to an activating group) is 1. The summed E-state index contributed by atoms with van der Waals surface area (Å²) in [6, 6.07) is 17.1. The standard InChI is InChI=1S/C36H33ClN4O3/c1-23-5-3-6-27(19-23)25-10-8-24(9-11-25)22-41-32-17-14-29(37)20-31(32)33(26-12-15-30(42)16-13-26)39-34(36(41)44)40(2)35(43)28-7-4-18-38-21-28/h3-12,14-18,20-21,23,26,34,42H,13,19,22H2,1-2H3. The van der Waals surface area contributed by atoms with E-state index in [0.717, 1.165) is 17.5 Å². The lowest BCUT2D eigenvalue weighted by molar-refractivity contribution is -0.122. The Bertz CT molecular complexity index is 1740. The highest BCUT2D eigenvalue weighted by Crippen LogP contribution is 2.35. The number of nitrogens with zero attached hydrogens (tertiary/aromatic N) is 4. The summed E-state index contributed by atoms with van der Waals surface area (Å²) >= 11 is 6.52. The predicted octanol–water partition coefficient (Wildman–Crippen LogP) is 7.17. The molecule has 3 unspecified atom stereocenters. The first-order chi connectivity index (χ1) is 21.3. The smallest absolute Gasteiger partial charge is 0.272 e. The van der Waals surface area contributed by atoms with E-state index in [2.05, 4.69) is 42.3 Å². The Balaban J connectivity index is 1.41. The van der Waals surface area contributed by atoms with Crippen molar-refractivity contribution >= 4 is 40.4 Å². The van der Waals surface area contributed by atoms with Gasteiger partial charge in [-0.2, -0.15) is 0 Å². The van der Waals surface area contributed by atoms with Crippen molar-refractivity contribution in [1.82, 2.24) is 9.88 Å². The van der Waals surface area contributed by atoms with E-state index in [0.29, 0.717) is 39.9 Å². The number of aliphatic hydroxyl groups excluding tert-OH is 1. The molecule has 222 valence electrons. The minimum atomic E-state index is -1.14. The molecule has 0 saturated heterocycles. The van der Waals surface area contributed by atoms with Gasteiger partial charge in [-0.15, -0.1) is 0 Å². The number of carbonyl (C=O) groups is 2. The first-order valence-electron chi connectivity index (χ1n) is 14.7. The van der Waals surface area contributed by atoms with E-state index in [-0.39, 0.29) is 30.0 Å². The number of pyridine rings is 1. The molecular formula is C36H33ClN4O3. The number of carbonyl (C=O) groups excluding carboxylic acids is 2. The highest BCUT2D eigenvalue weighted by Gasteiger charge is 2.38. The third kappa shape index (κ3) is 6.01. The summed E-state index contributed by atoms with van der Waals surface area (Å²) in [5.41, 5.74) is 5.74. The van der Waals surface area contributed by atoms with Gasteiger partial charge in [0.1, 0.15) is 5.76 Å². The molecule has 3 atom stereocenters. The van der Waals surface area contributed by atoms with Gasteiger partial charge >= 0.3 is 0 Å². The highest BCUT2D eigenvalue weighted by atomic mass is 35.5. The summed E-state index contributed by atoms with van der Waals surface area (Å²) in [7, 11) is 1.59. The number of benzene rings is 2. The molecule has 44 heavy (non-hydrogen) atoms. The van der Waals surface area contributed by atoms with Crippen LogP contribution in [0.5, 0.6) is 0 Å². The quantitative estimate of drug-likeness (QED) is 0.323. The van der Waals surface area contributed by atoms with Crippen LogP contribution < -0.4 is 4.90 Å². The van der Waals surface area contributed by atoms with Crippen molar-refractivity contribution < 1.29 is 14.7 Å². The van der Waals surface area contributed by atoms with Crippen LogP contribution in [-0.4, -0.2) is 45.7 Å². The van der Waals surface area contributed by atoms with Gasteiger partial charge < -0.3 is 14.9 Å². The summed E-state index contributed by atoms with van der Waals surface area (Å²) in [6.07, 6.45) is 15.1. The fourth-order valence-electron chi connectivity index (χ4n) is 5.86. The summed E-state index contributed by atoms with van der Waals surface area (Å²) in [5, 5.41) is 10.5. The van der Waals surface area contributed by atoms with Crippen LogP contribution >= 0.6 is 11.6 Å². The number of aliphatic hydroxyl groups is 1. The molecule has 2 heterocycles. The molecule has 1 aromatic heterocycles. The Morgan fingerprint density at radius 2 is 1.95 bits per heavy atom. The number of halogens is 1. The number of aromatic nitrogens is 1. The summed E-state index contributed by atoms with van der Waals surface area (Å²) in [5.74, 6) is -0.269. The van der Waals surface area contributed by atoms with Gasteiger partial charge in [-0.3, -0.25) is 19.6 Å². The van der Waals surface area contributed by atoms with E-state index in [1.807, 2.05) is 30.3 Å². The first kappa shape index (κ1) is 29.3. The fraction of sp³-hybridized carbons (Fsp3) is 0.222. The lowest BCUT2D eigenvalue weighted by Crippen LogP contribution is -2.48. The Labute approximate surface area is 262 Å². The predicted molar refractivity (Wildman–Crippen MR) is 175 cm³/mol. The van der Waals surface area contributed by atoms with Crippen molar-refractivity contribution in [2.75, 3.05) is 11.9 Å². The van der Waals surface area contributed by atoms with Gasteiger partial charge in [0.25, 0.3) is 11.8 Å². The average molecular weight is 605 g/mol. The molecule has 1 N–H and O–H groups in total. The molecule has 3 aromatic rings. The SMILES string of the molecule is CC1C=CC=C(c2ccc(CN3C(=O)C(N(C)C(=O)c4cccnc4)N=C(C4C=CC(O)=CC4)c4cc(Cl)ccc43)cc2)C1. The lowest BCUT2D eigenvalue weighted by atomic mass is 9.89. The number of benzodiazepines with no additional fused rings is 1. The van der Waals surface area contributed by atoms with Gasteiger partial charge in [-0.1, -0.05) is 67.1 Å². The Hall–Kier alpha value is -4.75. The molecule has 2 aromatic carbocycles. The zero-order chi connectivity index (χ0) is 30.8. The second kappa shape index (κ2) is 12.5. The van der Waals surface area contributed by atoms with Crippen molar-refractivity contribution in [3.63, 3.8) is 0 Å². The molecule has 2 aliphatic carbocycles. The Morgan fingerprint density at radius 1 is 1.14 bits per heavy atom. The molecule has 0 radical (unpaired) electrons. The number of hydrogen-bond acceptors (Lipinski definition) is 5. The number of allylic oxidation sites excluding steroid dienone is 7. The minimum Gasteiger partial charge on any atom is -0.508 e. The molecule has 0 saturated carbocycles. The summed E-state index contributed by atoms with van der Waals surface area (Å²) < 4.78 is 0. The molecule has 0 spiro atoms. The summed E-state index contributed by atoms with van der Waals surface area (Å²) in [4.78, 5) is 40.2. The molecule has 6 rings (SSSR count). The molecule has 7 nitrogen and oxygen atoms in total. The van der Waals surface area contributed by atoms with Gasteiger partial charge in [0, 0.05) is 35.9 Å². The molecular weight excluding hydrogens is 572 g/mol. The molecule has 0 bridgehead atoms. The first-order valence-corrected chi connectivity index (χ1v) is 15.1. The number of aliphatic imine (C=N–C) groups is 1. The van der Waals surface area contributed by atoms with Gasteiger partial charge in [0.15, 0.2) is 0 Å². The van der Waals surface area contributed by atoms with Crippen molar-refractivity contribution in [2.45, 2.75) is 32.5 Å². The van der Waals surface area contributed by atoms with E-state index >= 15 is 0 Å². The van der Waals surface area contributed by atoms with Crippen molar-refractivity contribution in [3.05, 3.63) is 136 Å². The number of amides is 2. The monoisotopic (exact) mass is 604 g/mol.